The molecule has 33 heteroatoms. The maximum atomic E-state index is 13.7. The van der Waals surface area contributed by atoms with E-state index in [-0.39, 0.29) is 5.82 Å². The molecule has 0 aliphatic carbocycles. The summed E-state index contributed by atoms with van der Waals surface area (Å²) in [4.78, 5) is 65.3. The lowest BCUT2D eigenvalue weighted by atomic mass is 10.1. The van der Waals surface area contributed by atoms with E-state index in [1.165, 1.54) is 66.9 Å². The smallest absolute Gasteiger partial charge is 0.138 e. The summed E-state index contributed by atoms with van der Waals surface area (Å²) in [5, 5.41) is 12.1. The van der Waals surface area contributed by atoms with E-state index in [4.69, 9.17) is 32.7 Å². The fourth-order valence-corrected chi connectivity index (χ4v) is 20.8. The number of pyridine rings is 8. The van der Waals surface area contributed by atoms with E-state index in [9.17, 15) is 13.2 Å². The van der Waals surface area contributed by atoms with E-state index in [1.54, 1.807) is 49.2 Å². The molecule has 0 spiro atoms. The molecule has 0 aliphatic heterocycles. The molecule has 17 heterocycles. The fourth-order valence-electron chi connectivity index (χ4n) is 15.8. The van der Waals surface area contributed by atoms with Gasteiger partial charge in [-0.1, -0.05) is 151 Å². The van der Waals surface area contributed by atoms with Crippen LogP contribution in [0.5, 0.6) is 17.2 Å². The Morgan fingerprint density at radius 2 is 0.664 bits per heavy atom. The number of nitrogens with one attached hydrogen (secondary N) is 8. The average molecular weight is 2730 g/mol. The molecule has 20 nitrogen and oxygen atoms in total. The Kier molecular flexibility index (Phi) is 33.9. The predicted molar refractivity (Wildman–Crippen MR) is 646 cm³/mol. The van der Waals surface area contributed by atoms with Crippen LogP contribution in [0.1, 0.15) is 0 Å². The van der Waals surface area contributed by atoms with Gasteiger partial charge in [-0.3, -0.25) is 0 Å². The van der Waals surface area contributed by atoms with Gasteiger partial charge in [0.1, 0.15) is 79.9 Å². The van der Waals surface area contributed by atoms with E-state index in [0.29, 0.717) is 26.7 Å². The predicted octanol–water partition coefficient (Wildman–Crippen LogP) is 33.9. The Bertz CT molecular complexity index is 8890. The van der Waals surface area contributed by atoms with Gasteiger partial charge < -0.3 is 59.1 Å². The van der Waals surface area contributed by atoms with Crippen LogP contribution in [-0.4, -0.2) is 115 Å². The van der Waals surface area contributed by atoms with Gasteiger partial charge in [-0.15, -0.1) is 11.3 Å². The van der Waals surface area contributed by atoms with Crippen molar-refractivity contribution in [3.63, 3.8) is 0 Å². The van der Waals surface area contributed by atoms with Gasteiger partial charge >= 0.3 is 0 Å². The number of thiophene rings is 1. The molecule has 0 unspecified atom stereocenters. The summed E-state index contributed by atoms with van der Waals surface area (Å²) in [6.45, 7) is 0. The standard InChI is InChI=1S/C19H13IN2O.C15H14BrN3.C15H13Cl2N3.C14H11IN2O.C13H7F2IN2.C13H8FIN2.C13H9IN2.C11H7IN2S/c20-17-12-22-19-16(17)10-13(11-21-19)15-8-4-5-9-18(15)23-14-6-2-1-3-7-14;1-19(2)12-5-3-10(4-6-12)11-7-13-14(16)9-18-15(13)17-8-11;1-20(2)14-4-3-9(6-12(14)16)10-5-11-13(17)8-19-15(11)18-7-10;1-18-13-5-3-2-4-10(13)9-6-11-12(15)8-17-14(11)16-7-9;14-8-1-2-9(11(15)4-8)7-3-10-12(16)6-18-13(10)17-5-7;14-11-4-2-1-3-9(11)8-5-10-12(15)7-17-13(10)16-6-8;14-12-8-16-13-11(12)6-10(7-15-13)9-4-2-1-3-5-9;12-9-6-14-11-8(9)4-7(5-13-11)10-2-1-3-15-10/h1-12H,(H,21,22);3-9H,1-2H3,(H,17,18);3-8H,1-2H3,(H,18,19);2-8H,1H3,(H,16,17);1-6H,(H,17,18);1-7H,(H,16,17);1-8H,(H,15,16);1-6H,(H,13,14). The van der Waals surface area contributed by atoms with Crippen molar-refractivity contribution in [2.45, 2.75) is 0 Å². The molecule has 8 aromatic carbocycles. The molecule has 0 fully saturated rings. The quantitative estimate of drug-likeness (QED) is 0.0502. The average Bonchev–Trinajstić information content (AvgIpc) is 1.56. The van der Waals surface area contributed by atoms with Crippen molar-refractivity contribution in [3.8, 4) is 106 Å². The number of ether oxygens (including phenoxy) is 2. The first-order chi connectivity index (χ1) is 70.9. The minimum absolute atomic E-state index is 0.223. The van der Waals surface area contributed by atoms with Gasteiger partial charge in [0, 0.05) is 280 Å². The summed E-state index contributed by atoms with van der Waals surface area (Å²) in [5.74, 6) is 1.13. The summed E-state index contributed by atoms with van der Waals surface area (Å²) in [6, 6.07) is 81.6. The molecule has 0 aliphatic rings. The number of H-pyrrole nitrogens is 8. The second-order valence-corrected chi connectivity index (χ2v) is 42.7. The number of fused-ring (bicyclic) bond motifs is 8. The molecule has 8 N–H and O–H groups in total. The van der Waals surface area contributed by atoms with Crippen LogP contribution in [0.25, 0.3) is 177 Å². The lowest BCUT2D eigenvalue weighted by Gasteiger charge is -2.15. The molecule has 0 amide bonds. The Morgan fingerprint density at radius 3 is 1.12 bits per heavy atom. The summed E-state index contributed by atoms with van der Waals surface area (Å²) in [5.41, 5.74) is 23.6. The van der Waals surface area contributed by atoms with Crippen LogP contribution in [0.3, 0.4) is 0 Å². The number of hydrogen-bond acceptors (Lipinski definition) is 13. The number of aromatic nitrogens is 16. The van der Waals surface area contributed by atoms with Gasteiger partial charge in [0.05, 0.1) is 22.8 Å². The summed E-state index contributed by atoms with van der Waals surface area (Å²) < 4.78 is 59.6. The molecular formula is C113H82BrCl2F3I6N18O2S. The lowest BCUT2D eigenvalue weighted by Crippen LogP contribution is -2.08. The number of methoxy groups -OCH3 is 1. The first-order valence-electron chi connectivity index (χ1n) is 44.9. The summed E-state index contributed by atoms with van der Waals surface area (Å²) in [7, 11) is 9.70. The van der Waals surface area contributed by atoms with Gasteiger partial charge in [0.2, 0.25) is 0 Å². The van der Waals surface area contributed by atoms with E-state index < -0.39 is 11.6 Å². The van der Waals surface area contributed by atoms with E-state index in [1.807, 2.05) is 247 Å². The highest BCUT2D eigenvalue weighted by molar-refractivity contribution is 14.1. The molecule has 146 heavy (non-hydrogen) atoms. The minimum Gasteiger partial charge on any atom is -0.496 e. The number of halogens is 12. The largest absolute Gasteiger partial charge is 0.496 e. The second kappa shape index (κ2) is 47.9. The molecule has 17 aromatic heterocycles. The number of anilines is 2. The third-order valence-electron chi connectivity index (χ3n) is 23.3. The van der Waals surface area contributed by atoms with Crippen molar-refractivity contribution in [3.05, 3.63) is 413 Å². The van der Waals surface area contributed by atoms with Crippen LogP contribution >= 0.6 is 186 Å². The number of hydrogen-bond donors (Lipinski definition) is 8. The highest BCUT2D eigenvalue weighted by Gasteiger charge is 2.18. The number of rotatable bonds is 13. The fraction of sp³-hybridized carbons (Fsp3) is 0.0442. The monoisotopic (exact) mass is 2720 g/mol. The maximum Gasteiger partial charge on any atom is 0.138 e. The molecule has 0 atom stereocenters. The minimum atomic E-state index is -0.582. The highest BCUT2D eigenvalue weighted by atomic mass is 127. The molecule has 25 rings (SSSR count). The van der Waals surface area contributed by atoms with Crippen LogP contribution in [-0.2, 0) is 0 Å². The van der Waals surface area contributed by atoms with E-state index in [2.05, 4.69) is 326 Å². The normalized spacial score (nSPS) is 10.9. The first-order valence-corrected chi connectivity index (χ1v) is 53.8. The topological polar surface area (TPSA) is 254 Å². The van der Waals surface area contributed by atoms with Crippen LogP contribution in [0.4, 0.5) is 24.5 Å². The first kappa shape index (κ1) is 103. The lowest BCUT2D eigenvalue weighted by molar-refractivity contribution is 0.416. The van der Waals surface area contributed by atoms with Crippen molar-refractivity contribution in [2.24, 2.45) is 0 Å². The summed E-state index contributed by atoms with van der Waals surface area (Å²) in [6.07, 6.45) is 29.8. The summed E-state index contributed by atoms with van der Waals surface area (Å²) >= 11 is 31.4. The van der Waals surface area contributed by atoms with Crippen LogP contribution in [0.15, 0.2) is 364 Å². The SMILES string of the molecule is CN(C)c1ccc(-c2cnc3[nH]cc(Br)c3c2)cc1.CN(C)c1ccc(-c2cnc3[nH]cc(Cl)c3c2)cc1Cl.COc1ccccc1-c1cnc2[nH]cc(I)c2c1.Fc1ccc(-c2cnc3[nH]cc(I)c3c2)c(F)c1.Fc1ccccc1-c1cnc2[nH]cc(I)c2c1.Ic1c[nH]c2ncc(-c3ccccc3)cc12.Ic1c[nH]c2ncc(-c3ccccc3Oc3ccccc3)cc12.Ic1c[nH]c2ncc(-c3cccs3)cc12. The Balaban J connectivity index is 0.000000110. The molecule has 0 saturated heterocycles. The van der Waals surface area contributed by atoms with Crippen molar-refractivity contribution < 1.29 is 22.6 Å². The third-order valence-corrected chi connectivity index (χ3v) is 30.8. The zero-order valence-electron chi connectivity index (χ0n) is 77.8. The number of para-hydroxylation sites is 3. The van der Waals surface area contributed by atoms with Crippen LogP contribution < -0.4 is 19.3 Å². The maximum absolute atomic E-state index is 13.7. The molecule has 25 aromatic rings. The molecular weight excluding hydrogens is 2640 g/mol. The van der Waals surface area contributed by atoms with Gasteiger partial charge in [-0.25, -0.2) is 53.0 Å². The van der Waals surface area contributed by atoms with Gasteiger partial charge in [0.25, 0.3) is 0 Å². The zero-order valence-corrected chi connectivity index (χ0v) is 94.7. The Hall–Kier alpha value is -12.6. The van der Waals surface area contributed by atoms with Gasteiger partial charge in [0.15, 0.2) is 0 Å². The van der Waals surface area contributed by atoms with Crippen LogP contribution in [0.2, 0.25) is 10.0 Å². The molecule has 0 bridgehead atoms. The van der Waals surface area contributed by atoms with Crippen molar-refractivity contribution >= 4 is 286 Å². The van der Waals surface area contributed by atoms with E-state index >= 15 is 0 Å². The second-order valence-electron chi connectivity index (χ2n) is 33.1. The molecule has 0 radical (unpaired) electrons. The van der Waals surface area contributed by atoms with Crippen molar-refractivity contribution in [2.75, 3.05) is 45.1 Å². The van der Waals surface area contributed by atoms with Gasteiger partial charge in [-0.05, 0) is 295 Å². The highest BCUT2D eigenvalue weighted by Crippen LogP contribution is 2.41. The van der Waals surface area contributed by atoms with Crippen LogP contribution in [0, 0.1) is 38.9 Å². The molecule has 0 saturated carbocycles. The van der Waals surface area contributed by atoms with E-state index in [0.717, 1.165) is 172 Å². The van der Waals surface area contributed by atoms with Crippen molar-refractivity contribution in [1.29, 1.82) is 0 Å². The third kappa shape index (κ3) is 24.6. The Labute approximate surface area is 940 Å². The molecule has 726 valence electrons. The Morgan fingerprint density at radius 1 is 0.301 bits per heavy atom. The van der Waals surface area contributed by atoms with Gasteiger partial charge in [-0.2, -0.15) is 0 Å². The number of aromatic amines is 8. The number of benzene rings is 8. The zero-order chi connectivity index (χ0) is 102. The van der Waals surface area contributed by atoms with Crippen molar-refractivity contribution in [1.82, 2.24) is 79.7 Å². The number of nitrogens with zero attached hydrogens (tertiary/aromatic N) is 10.